The fourth-order valence-corrected chi connectivity index (χ4v) is 7.64. The van der Waals surface area contributed by atoms with Crippen LogP contribution in [0.15, 0.2) is 12.2 Å². The first-order valence-corrected chi connectivity index (χ1v) is 10.3. The molecule has 5 unspecified atom stereocenters. The van der Waals surface area contributed by atoms with E-state index in [1.165, 1.54) is 6.92 Å². The van der Waals surface area contributed by atoms with Crippen LogP contribution in [0.2, 0.25) is 0 Å². The van der Waals surface area contributed by atoms with Crippen molar-refractivity contribution in [2.75, 3.05) is 0 Å². The molecule has 156 valence electrons. The monoisotopic (exact) mass is 392 g/mol. The third-order valence-electron chi connectivity index (χ3n) is 8.91. The van der Waals surface area contributed by atoms with Crippen molar-refractivity contribution in [1.82, 2.24) is 0 Å². The molecule has 2 bridgehead atoms. The molecule has 0 amide bonds. The highest BCUT2D eigenvalue weighted by atomic mass is 16.5. The lowest BCUT2D eigenvalue weighted by Gasteiger charge is -2.66. The first kappa shape index (κ1) is 20.0. The second kappa shape index (κ2) is 5.89. The molecule has 1 spiro atoms. The maximum Gasteiger partial charge on any atom is 0.302 e. The second-order valence-electron chi connectivity index (χ2n) is 10.4. The molecule has 28 heavy (non-hydrogen) atoms. The Bertz CT molecular complexity index is 743. The Morgan fingerprint density at radius 2 is 1.75 bits per heavy atom. The Labute approximate surface area is 166 Å². The predicted octanol–water partition coefficient (Wildman–Crippen LogP) is 1.61. The standard InChI is InChI=1S/C22H32O6/c1-10-17-12(28-11(2)23)8-14-21(5)13(20(3,4)7-6-15(21)24)9-16(25)22(14,18(10)26)19(17)27/h12-17,19,24-25,27H,1,6-9H2,2-5H3/t12?,13-,14+,15?,16?,17?,19?,21-,22+/m0/s1. The van der Waals surface area contributed by atoms with Crippen molar-refractivity contribution >= 4 is 11.8 Å². The van der Waals surface area contributed by atoms with Gasteiger partial charge in [0.1, 0.15) is 6.10 Å². The van der Waals surface area contributed by atoms with Gasteiger partial charge in [0.2, 0.25) is 0 Å². The molecule has 6 nitrogen and oxygen atoms in total. The summed E-state index contributed by atoms with van der Waals surface area (Å²) in [6.45, 7) is 11.5. The number of aliphatic hydroxyl groups excluding tert-OH is 3. The summed E-state index contributed by atoms with van der Waals surface area (Å²) in [5.41, 5.74) is -1.94. The lowest BCUT2D eigenvalue weighted by Crippen LogP contribution is -2.71. The van der Waals surface area contributed by atoms with E-state index in [1.54, 1.807) is 0 Å². The van der Waals surface area contributed by atoms with E-state index in [-0.39, 0.29) is 22.7 Å². The van der Waals surface area contributed by atoms with E-state index in [2.05, 4.69) is 20.4 Å². The van der Waals surface area contributed by atoms with Gasteiger partial charge in [0.15, 0.2) is 5.78 Å². The first-order chi connectivity index (χ1) is 12.9. The Morgan fingerprint density at radius 3 is 2.36 bits per heavy atom. The van der Waals surface area contributed by atoms with Gasteiger partial charge >= 0.3 is 5.97 Å². The smallest absolute Gasteiger partial charge is 0.302 e. The van der Waals surface area contributed by atoms with Gasteiger partial charge in [-0.15, -0.1) is 0 Å². The van der Waals surface area contributed by atoms with Crippen LogP contribution >= 0.6 is 0 Å². The molecule has 4 rings (SSSR count). The minimum Gasteiger partial charge on any atom is -0.462 e. The minimum absolute atomic E-state index is 0.0160. The van der Waals surface area contributed by atoms with E-state index in [4.69, 9.17) is 4.74 Å². The molecule has 9 atom stereocenters. The van der Waals surface area contributed by atoms with E-state index in [0.717, 1.165) is 6.42 Å². The molecule has 0 aromatic heterocycles. The van der Waals surface area contributed by atoms with E-state index in [0.29, 0.717) is 19.3 Å². The van der Waals surface area contributed by atoms with Crippen LogP contribution in [0.25, 0.3) is 0 Å². The van der Waals surface area contributed by atoms with Crippen LogP contribution in [0, 0.1) is 34.0 Å². The van der Waals surface area contributed by atoms with Crippen LogP contribution in [0.4, 0.5) is 0 Å². The molecule has 4 saturated carbocycles. The first-order valence-electron chi connectivity index (χ1n) is 10.3. The SMILES string of the molecule is C=C1C(=O)[C@]23C(O)C[C@H]4C(C)(C)CCC(O)[C@]4(C)[C@H]2CC(OC(C)=O)C1C3O. The van der Waals surface area contributed by atoms with Crippen molar-refractivity contribution in [1.29, 1.82) is 0 Å². The zero-order chi connectivity index (χ0) is 20.8. The van der Waals surface area contributed by atoms with Gasteiger partial charge in [-0.25, -0.2) is 0 Å². The maximum atomic E-state index is 13.4. The highest BCUT2D eigenvalue weighted by Gasteiger charge is 2.77. The average molecular weight is 392 g/mol. The largest absolute Gasteiger partial charge is 0.462 e. The Hall–Kier alpha value is -1.24. The zero-order valence-corrected chi connectivity index (χ0v) is 17.1. The van der Waals surface area contributed by atoms with Crippen LogP contribution in [0.5, 0.6) is 0 Å². The summed E-state index contributed by atoms with van der Waals surface area (Å²) in [7, 11) is 0. The van der Waals surface area contributed by atoms with Crippen molar-refractivity contribution in [3.8, 4) is 0 Å². The van der Waals surface area contributed by atoms with Gasteiger partial charge in [0.25, 0.3) is 0 Å². The third kappa shape index (κ3) is 2.14. The molecule has 4 fully saturated rings. The lowest BCUT2D eigenvalue weighted by atomic mass is 9.39. The number of ether oxygens (including phenoxy) is 1. The highest BCUT2D eigenvalue weighted by Crippen LogP contribution is 2.71. The van der Waals surface area contributed by atoms with E-state index >= 15 is 0 Å². The molecule has 4 aliphatic rings. The number of carbonyl (C=O) groups is 2. The van der Waals surface area contributed by atoms with Crippen LogP contribution in [-0.2, 0) is 14.3 Å². The number of ketones is 1. The van der Waals surface area contributed by atoms with Crippen molar-refractivity contribution in [2.45, 2.75) is 77.8 Å². The second-order valence-corrected chi connectivity index (χ2v) is 10.4. The molecule has 0 aliphatic heterocycles. The number of hydrogen-bond donors (Lipinski definition) is 3. The minimum atomic E-state index is -1.38. The van der Waals surface area contributed by atoms with Gasteiger partial charge < -0.3 is 20.1 Å². The third-order valence-corrected chi connectivity index (χ3v) is 8.91. The fraction of sp³-hybridized carbons (Fsp3) is 0.818. The van der Waals surface area contributed by atoms with Gasteiger partial charge in [0, 0.05) is 12.3 Å². The molecular formula is C22H32O6. The number of esters is 1. The van der Waals surface area contributed by atoms with E-state index < -0.39 is 53.1 Å². The fourth-order valence-electron chi connectivity index (χ4n) is 7.64. The molecule has 0 heterocycles. The summed E-state index contributed by atoms with van der Waals surface area (Å²) in [5, 5.41) is 33.7. The van der Waals surface area contributed by atoms with Gasteiger partial charge in [-0.05, 0) is 48.5 Å². The Kier molecular flexibility index (Phi) is 4.22. The topological polar surface area (TPSA) is 104 Å². The van der Waals surface area contributed by atoms with Crippen molar-refractivity contribution < 1.29 is 29.6 Å². The summed E-state index contributed by atoms with van der Waals surface area (Å²) < 4.78 is 5.53. The summed E-state index contributed by atoms with van der Waals surface area (Å²) in [6, 6.07) is 0. The van der Waals surface area contributed by atoms with Crippen LogP contribution in [-0.4, -0.2) is 51.5 Å². The summed E-state index contributed by atoms with van der Waals surface area (Å²) in [4.78, 5) is 25.2. The number of hydrogen-bond acceptors (Lipinski definition) is 6. The number of aliphatic hydroxyl groups is 3. The van der Waals surface area contributed by atoms with E-state index in [9.17, 15) is 24.9 Å². The highest BCUT2D eigenvalue weighted by molar-refractivity contribution is 6.04. The molecule has 6 heteroatoms. The van der Waals surface area contributed by atoms with E-state index in [1.807, 2.05) is 6.92 Å². The number of fused-ring (bicyclic) bond motifs is 3. The molecule has 0 aromatic carbocycles. The number of carbonyl (C=O) groups excluding carboxylic acids is 2. The predicted molar refractivity (Wildman–Crippen MR) is 101 cm³/mol. The molecule has 0 saturated heterocycles. The van der Waals surface area contributed by atoms with Crippen molar-refractivity contribution in [3.63, 3.8) is 0 Å². The van der Waals surface area contributed by atoms with Gasteiger partial charge in [-0.2, -0.15) is 0 Å². The van der Waals surface area contributed by atoms with Crippen molar-refractivity contribution in [2.24, 2.45) is 34.0 Å². The zero-order valence-electron chi connectivity index (χ0n) is 17.1. The molecular weight excluding hydrogens is 360 g/mol. The van der Waals surface area contributed by atoms with Crippen LogP contribution in [0.3, 0.4) is 0 Å². The Morgan fingerprint density at radius 1 is 1.11 bits per heavy atom. The molecule has 0 radical (unpaired) electrons. The van der Waals surface area contributed by atoms with Crippen LogP contribution in [0.1, 0.15) is 53.4 Å². The van der Waals surface area contributed by atoms with Gasteiger partial charge in [0.05, 0.1) is 29.6 Å². The quantitative estimate of drug-likeness (QED) is 0.463. The Balaban J connectivity index is 1.91. The van der Waals surface area contributed by atoms with Gasteiger partial charge in [-0.1, -0.05) is 27.4 Å². The number of Topliss-reactive ketones (excluding diaryl/α,β-unsaturated/α-hetero) is 1. The molecule has 3 N–H and O–H groups in total. The molecule has 4 aliphatic carbocycles. The number of rotatable bonds is 1. The molecule has 0 aromatic rings. The average Bonchev–Trinajstić information content (AvgIpc) is 2.72. The summed E-state index contributed by atoms with van der Waals surface area (Å²) in [5.74, 6) is -2.01. The van der Waals surface area contributed by atoms with Gasteiger partial charge in [-0.3, -0.25) is 9.59 Å². The normalized spacial score (nSPS) is 52.0. The lowest BCUT2D eigenvalue weighted by molar-refractivity contribution is -0.263. The van der Waals surface area contributed by atoms with Crippen LogP contribution < -0.4 is 0 Å². The summed E-state index contributed by atoms with van der Waals surface area (Å²) in [6.07, 6.45) is -1.37. The summed E-state index contributed by atoms with van der Waals surface area (Å²) >= 11 is 0. The maximum absolute atomic E-state index is 13.4. The van der Waals surface area contributed by atoms with Crippen molar-refractivity contribution in [3.05, 3.63) is 12.2 Å².